The van der Waals surface area contributed by atoms with E-state index in [2.05, 4.69) is 72.8 Å². The van der Waals surface area contributed by atoms with Crippen LogP contribution in [0.2, 0.25) is 0 Å². The molecule has 0 amide bonds. The molecule has 5 nitrogen and oxygen atoms in total. The maximum atomic E-state index is 9.76. The third kappa shape index (κ3) is 4.86. The van der Waals surface area contributed by atoms with Crippen molar-refractivity contribution in [1.29, 1.82) is 5.26 Å². The molecule has 10 rings (SSSR count). The number of aromatic nitrogens is 3. The third-order valence-electron chi connectivity index (χ3n) is 11.3. The topological polar surface area (TPSA) is 75.6 Å². The smallest absolute Gasteiger partial charge is 0.164 e. The van der Waals surface area contributed by atoms with Gasteiger partial charge in [0.25, 0.3) is 0 Å². The van der Waals surface area contributed by atoms with E-state index < -0.39 is 0 Å². The molecule has 3 aliphatic rings. The number of nitrogens with zero attached hydrogens (tertiary/aromatic N) is 4. The Morgan fingerprint density at radius 3 is 2.00 bits per heavy atom. The maximum absolute atomic E-state index is 9.76. The van der Waals surface area contributed by atoms with Gasteiger partial charge in [-0.2, -0.15) is 5.26 Å². The van der Waals surface area contributed by atoms with Gasteiger partial charge in [0.1, 0.15) is 11.2 Å². The molecule has 0 bridgehead atoms. The molecule has 0 radical (unpaired) electrons. The van der Waals surface area contributed by atoms with Gasteiger partial charge in [0.15, 0.2) is 17.5 Å². The van der Waals surface area contributed by atoms with Gasteiger partial charge in [-0.15, -0.1) is 0 Å². The zero-order chi connectivity index (χ0) is 33.9. The number of nitriles is 1. The molecule has 1 saturated carbocycles. The van der Waals surface area contributed by atoms with Crippen molar-refractivity contribution in [2.45, 2.75) is 50.4 Å². The average Bonchev–Trinajstić information content (AvgIpc) is 3.70. The molecule has 0 N–H and O–H groups in total. The lowest BCUT2D eigenvalue weighted by Gasteiger charge is -2.37. The van der Waals surface area contributed by atoms with Crippen molar-refractivity contribution in [2.75, 3.05) is 0 Å². The first-order valence-corrected chi connectivity index (χ1v) is 18.0. The molecule has 1 fully saturated rings. The predicted molar refractivity (Wildman–Crippen MR) is 203 cm³/mol. The van der Waals surface area contributed by atoms with E-state index in [-0.39, 0.29) is 5.41 Å². The monoisotopic (exact) mass is 658 g/mol. The number of benzene rings is 5. The van der Waals surface area contributed by atoms with Crippen LogP contribution in [-0.2, 0) is 5.41 Å². The fourth-order valence-corrected chi connectivity index (χ4v) is 8.77. The van der Waals surface area contributed by atoms with E-state index in [0.717, 1.165) is 69.9 Å². The molecular formula is C46H34N4O. The normalized spacial score (nSPS) is 16.3. The summed E-state index contributed by atoms with van der Waals surface area (Å²) in [6.07, 6.45) is 10.1. The van der Waals surface area contributed by atoms with Crippen LogP contribution < -0.4 is 0 Å². The molecule has 2 aromatic heterocycles. The lowest BCUT2D eigenvalue weighted by molar-refractivity contribution is 0.350. The summed E-state index contributed by atoms with van der Waals surface area (Å²) in [6.45, 7) is 0. The van der Waals surface area contributed by atoms with Crippen LogP contribution in [-0.4, -0.2) is 15.0 Å². The van der Waals surface area contributed by atoms with Gasteiger partial charge >= 0.3 is 0 Å². The standard InChI is InChI=1S/C46H34N4O/c47-28-29-13-20-35-36-21-18-33(26-40(36)46(39(35)25-29)23-7-2-8-24-46)30-14-16-32(17-15-30)44-48-43(31-9-3-1-4-10-31)49-45(50-44)34-19-22-38-37-11-5-6-12-41(37)51-42(38)27-34/h1,3-6,9-12,14-19,21-22,25-27H,2,7-8,13,20,23-24H2. The fourth-order valence-electron chi connectivity index (χ4n) is 8.77. The molecule has 244 valence electrons. The van der Waals surface area contributed by atoms with Gasteiger partial charge in [-0.25, -0.2) is 15.0 Å². The molecule has 0 saturated heterocycles. The van der Waals surface area contributed by atoms with Gasteiger partial charge in [0, 0.05) is 38.5 Å². The Hall–Kier alpha value is -6.12. The van der Waals surface area contributed by atoms with Crippen molar-refractivity contribution in [2.24, 2.45) is 0 Å². The predicted octanol–water partition coefficient (Wildman–Crippen LogP) is 11.7. The molecule has 3 aliphatic carbocycles. The minimum absolute atomic E-state index is 0.0297. The first kappa shape index (κ1) is 29.8. The highest BCUT2D eigenvalue weighted by Gasteiger charge is 2.45. The maximum Gasteiger partial charge on any atom is 0.164 e. The molecule has 7 aromatic rings. The Balaban J connectivity index is 1.03. The van der Waals surface area contributed by atoms with Crippen molar-refractivity contribution >= 4 is 27.5 Å². The largest absolute Gasteiger partial charge is 0.456 e. The minimum Gasteiger partial charge on any atom is -0.456 e. The summed E-state index contributed by atoms with van der Waals surface area (Å²) in [5, 5.41) is 11.9. The number of para-hydroxylation sites is 1. The van der Waals surface area contributed by atoms with Crippen LogP contribution in [0.25, 0.3) is 72.8 Å². The molecule has 0 aliphatic heterocycles. The summed E-state index contributed by atoms with van der Waals surface area (Å²) in [4.78, 5) is 15.0. The Morgan fingerprint density at radius 2 is 1.22 bits per heavy atom. The Bertz CT molecular complexity index is 2620. The zero-order valence-electron chi connectivity index (χ0n) is 28.2. The van der Waals surface area contributed by atoms with Crippen molar-refractivity contribution in [3.8, 4) is 51.4 Å². The van der Waals surface area contributed by atoms with E-state index in [0.29, 0.717) is 17.5 Å². The van der Waals surface area contributed by atoms with Gasteiger partial charge in [-0.05, 0) is 89.4 Å². The summed E-state index contributed by atoms with van der Waals surface area (Å²) in [7, 11) is 0. The summed E-state index contributed by atoms with van der Waals surface area (Å²) >= 11 is 0. The van der Waals surface area contributed by atoms with Crippen LogP contribution in [0.3, 0.4) is 0 Å². The molecule has 0 atom stereocenters. The van der Waals surface area contributed by atoms with E-state index in [1.54, 1.807) is 0 Å². The number of furan rings is 1. The van der Waals surface area contributed by atoms with Gasteiger partial charge in [0.05, 0.1) is 6.07 Å². The lowest BCUT2D eigenvalue weighted by Crippen LogP contribution is -2.29. The zero-order valence-corrected chi connectivity index (χ0v) is 28.2. The Morgan fingerprint density at radius 1 is 0.569 bits per heavy atom. The molecule has 0 unspecified atom stereocenters. The number of hydrogen-bond donors (Lipinski definition) is 0. The first-order valence-electron chi connectivity index (χ1n) is 18.0. The van der Waals surface area contributed by atoms with Gasteiger partial charge in [0.2, 0.25) is 0 Å². The highest BCUT2D eigenvalue weighted by atomic mass is 16.3. The van der Waals surface area contributed by atoms with Crippen LogP contribution >= 0.6 is 0 Å². The average molecular weight is 659 g/mol. The Labute approximate surface area is 296 Å². The Kier molecular flexibility index (Phi) is 6.86. The number of hydrogen-bond acceptors (Lipinski definition) is 5. The first-order chi connectivity index (χ1) is 25.2. The quantitative estimate of drug-likeness (QED) is 0.188. The van der Waals surface area contributed by atoms with Crippen LogP contribution in [0, 0.1) is 11.3 Å². The number of allylic oxidation sites excluding steroid dienone is 4. The van der Waals surface area contributed by atoms with Crippen molar-refractivity contribution in [3.63, 3.8) is 0 Å². The fraction of sp³-hybridized carbons (Fsp3) is 0.174. The van der Waals surface area contributed by atoms with E-state index in [1.807, 2.05) is 54.6 Å². The molecular weight excluding hydrogens is 625 g/mol. The lowest BCUT2D eigenvalue weighted by atomic mass is 9.66. The van der Waals surface area contributed by atoms with Crippen molar-refractivity contribution in [1.82, 2.24) is 15.0 Å². The van der Waals surface area contributed by atoms with E-state index >= 15 is 0 Å². The third-order valence-corrected chi connectivity index (χ3v) is 11.3. The van der Waals surface area contributed by atoms with Crippen molar-refractivity contribution in [3.05, 3.63) is 144 Å². The molecule has 5 aromatic carbocycles. The SMILES string of the molecule is N#CC1=CC2=C(CC1)c1ccc(-c3ccc(-c4nc(-c5ccccc5)nc(-c5ccc6c(c5)oc5ccccc56)n4)cc3)cc1C21CCCCC1. The van der Waals surface area contributed by atoms with Crippen LogP contribution in [0.5, 0.6) is 0 Å². The summed E-state index contributed by atoms with van der Waals surface area (Å²) in [6, 6.07) is 42.5. The highest BCUT2D eigenvalue weighted by Crippen LogP contribution is 2.57. The van der Waals surface area contributed by atoms with Crippen LogP contribution in [0.15, 0.2) is 137 Å². The second-order valence-electron chi connectivity index (χ2n) is 14.1. The van der Waals surface area contributed by atoms with Gasteiger partial charge in [-0.1, -0.05) is 110 Å². The molecule has 5 heteroatoms. The van der Waals surface area contributed by atoms with E-state index in [4.69, 9.17) is 19.4 Å². The molecule has 51 heavy (non-hydrogen) atoms. The number of fused-ring (bicyclic) bond motifs is 7. The number of rotatable bonds is 4. The summed E-state index contributed by atoms with van der Waals surface area (Å²) in [5.41, 5.74) is 13.5. The minimum atomic E-state index is 0.0297. The summed E-state index contributed by atoms with van der Waals surface area (Å²) < 4.78 is 6.21. The van der Waals surface area contributed by atoms with Gasteiger partial charge < -0.3 is 4.42 Å². The van der Waals surface area contributed by atoms with Crippen LogP contribution in [0.1, 0.15) is 56.1 Å². The second kappa shape index (κ2) is 11.7. The second-order valence-corrected chi connectivity index (χ2v) is 14.1. The van der Waals surface area contributed by atoms with Crippen LogP contribution in [0.4, 0.5) is 0 Å². The van der Waals surface area contributed by atoms with E-state index in [1.165, 1.54) is 52.7 Å². The highest BCUT2D eigenvalue weighted by molar-refractivity contribution is 6.05. The summed E-state index contributed by atoms with van der Waals surface area (Å²) in [5.74, 6) is 1.86. The van der Waals surface area contributed by atoms with Crippen molar-refractivity contribution < 1.29 is 4.42 Å². The van der Waals surface area contributed by atoms with Gasteiger partial charge in [-0.3, -0.25) is 0 Å². The molecule has 2 heterocycles. The molecule has 1 spiro atoms. The van der Waals surface area contributed by atoms with E-state index in [9.17, 15) is 5.26 Å².